The molecule has 0 saturated heterocycles. The summed E-state index contributed by atoms with van der Waals surface area (Å²) in [7, 11) is 1.75. The highest BCUT2D eigenvalue weighted by Gasteiger charge is 2.21. The van der Waals surface area contributed by atoms with Crippen LogP contribution in [0.15, 0.2) is 34.2 Å². The van der Waals surface area contributed by atoms with Crippen molar-refractivity contribution in [2.75, 3.05) is 0 Å². The summed E-state index contributed by atoms with van der Waals surface area (Å²) < 4.78 is 1.62. The van der Waals surface area contributed by atoms with E-state index in [1.807, 2.05) is 24.3 Å². The van der Waals surface area contributed by atoms with E-state index in [2.05, 4.69) is 15.5 Å². The Kier molecular flexibility index (Phi) is 2.38. The average molecular weight is 256 g/mol. The van der Waals surface area contributed by atoms with E-state index in [0.717, 1.165) is 10.9 Å². The summed E-state index contributed by atoms with van der Waals surface area (Å²) in [5.41, 5.74) is 11.0. The van der Waals surface area contributed by atoms with Crippen molar-refractivity contribution in [1.29, 1.82) is 0 Å². The van der Waals surface area contributed by atoms with Gasteiger partial charge in [-0.15, -0.1) is 5.10 Å². The first kappa shape index (κ1) is 11.5. The van der Waals surface area contributed by atoms with Crippen LogP contribution in [0.2, 0.25) is 0 Å². The highest BCUT2D eigenvalue weighted by Crippen LogP contribution is 2.21. The minimum Gasteiger partial charge on any atom is -0.311 e. The molecule has 0 amide bonds. The molecule has 1 aromatic carbocycles. The summed E-state index contributed by atoms with van der Waals surface area (Å²) >= 11 is 0. The van der Waals surface area contributed by atoms with E-state index in [1.54, 1.807) is 18.5 Å². The highest BCUT2D eigenvalue weighted by atomic mass is 16.1. The SMILES string of the molecule is CC1=NNC(N)=[NH+]c2c1c(=O)n(C)c1ccccc21. The van der Waals surface area contributed by atoms with Crippen LogP contribution >= 0.6 is 0 Å². The number of hydrazone groups is 1. The number of hydrogen-bond donors (Lipinski definition) is 3. The summed E-state index contributed by atoms with van der Waals surface area (Å²) in [5.74, 6) is 0.302. The summed E-state index contributed by atoms with van der Waals surface area (Å²) in [6.07, 6.45) is 0. The van der Waals surface area contributed by atoms with Gasteiger partial charge in [0, 0.05) is 12.4 Å². The monoisotopic (exact) mass is 256 g/mol. The van der Waals surface area contributed by atoms with E-state index < -0.39 is 0 Å². The molecule has 2 aromatic rings. The zero-order valence-electron chi connectivity index (χ0n) is 10.7. The molecule has 0 saturated carbocycles. The number of aryl methyl sites for hydroxylation is 1. The first-order chi connectivity index (χ1) is 9.09. The number of guanidine groups is 1. The van der Waals surface area contributed by atoms with Gasteiger partial charge in [0.1, 0.15) is 11.3 Å². The molecule has 0 atom stereocenters. The van der Waals surface area contributed by atoms with E-state index in [4.69, 9.17) is 5.73 Å². The quantitative estimate of drug-likeness (QED) is 0.559. The van der Waals surface area contributed by atoms with Crippen LogP contribution in [-0.4, -0.2) is 16.2 Å². The molecular weight excluding hydrogens is 242 g/mol. The van der Waals surface area contributed by atoms with Gasteiger partial charge in [0.15, 0.2) is 0 Å². The molecule has 6 heteroatoms. The Hall–Kier alpha value is -2.63. The van der Waals surface area contributed by atoms with Crippen LogP contribution in [-0.2, 0) is 7.05 Å². The fraction of sp³-hybridized carbons (Fsp3) is 0.154. The fourth-order valence-electron chi connectivity index (χ4n) is 2.32. The summed E-state index contributed by atoms with van der Waals surface area (Å²) in [6, 6.07) is 7.68. The number of rotatable bonds is 0. The molecule has 1 aromatic heterocycles. The number of hydrogen-bond acceptors (Lipinski definition) is 4. The summed E-state index contributed by atoms with van der Waals surface area (Å²) in [5, 5.41) is 5.01. The van der Waals surface area contributed by atoms with Crippen molar-refractivity contribution >= 4 is 28.3 Å². The minimum atomic E-state index is -0.0982. The predicted molar refractivity (Wildman–Crippen MR) is 74.4 cm³/mol. The predicted octanol–water partition coefficient (Wildman–Crippen LogP) is -1.11. The van der Waals surface area contributed by atoms with Gasteiger partial charge in [0.25, 0.3) is 5.56 Å². The van der Waals surface area contributed by atoms with Gasteiger partial charge in [-0.3, -0.25) is 10.5 Å². The van der Waals surface area contributed by atoms with Crippen LogP contribution < -0.4 is 21.7 Å². The molecule has 0 unspecified atom stereocenters. The van der Waals surface area contributed by atoms with Crippen molar-refractivity contribution in [3.8, 4) is 0 Å². The summed E-state index contributed by atoms with van der Waals surface area (Å²) in [6.45, 7) is 1.78. The van der Waals surface area contributed by atoms with Crippen LogP contribution in [0.1, 0.15) is 12.5 Å². The van der Waals surface area contributed by atoms with Crippen molar-refractivity contribution in [2.45, 2.75) is 6.92 Å². The van der Waals surface area contributed by atoms with Gasteiger partial charge < -0.3 is 4.57 Å². The van der Waals surface area contributed by atoms with E-state index >= 15 is 0 Å². The molecule has 2 heterocycles. The Labute approximate surface area is 109 Å². The van der Waals surface area contributed by atoms with Crippen LogP contribution in [0.5, 0.6) is 0 Å². The molecule has 0 aliphatic carbocycles. The van der Waals surface area contributed by atoms with Crippen molar-refractivity contribution in [3.63, 3.8) is 0 Å². The number of aromatic nitrogens is 1. The molecule has 3 rings (SSSR count). The molecule has 1 aliphatic heterocycles. The third-order valence-electron chi connectivity index (χ3n) is 3.27. The molecule has 0 bridgehead atoms. The van der Waals surface area contributed by atoms with E-state index in [9.17, 15) is 4.79 Å². The highest BCUT2D eigenvalue weighted by molar-refractivity contribution is 6.08. The maximum atomic E-state index is 12.5. The first-order valence-corrected chi connectivity index (χ1v) is 5.91. The summed E-state index contributed by atoms with van der Waals surface area (Å²) in [4.78, 5) is 15.5. The third kappa shape index (κ3) is 1.61. The molecule has 0 fully saturated rings. The Balaban J connectivity index is 2.59. The average Bonchev–Trinajstić information content (AvgIpc) is 2.56. The van der Waals surface area contributed by atoms with Gasteiger partial charge in [0.05, 0.1) is 11.2 Å². The van der Waals surface area contributed by atoms with E-state index in [-0.39, 0.29) is 5.56 Å². The lowest BCUT2D eigenvalue weighted by atomic mass is 10.1. The molecule has 96 valence electrons. The Morgan fingerprint density at radius 1 is 1.37 bits per heavy atom. The third-order valence-corrected chi connectivity index (χ3v) is 3.27. The van der Waals surface area contributed by atoms with E-state index in [0.29, 0.717) is 22.9 Å². The van der Waals surface area contributed by atoms with Crippen molar-refractivity contribution < 1.29 is 4.99 Å². The van der Waals surface area contributed by atoms with Crippen molar-refractivity contribution in [3.05, 3.63) is 40.2 Å². The molecular formula is C13H14N5O+. The molecule has 0 radical (unpaired) electrons. The number of fused-ring (bicyclic) bond motifs is 3. The number of para-hydroxylation sites is 1. The Morgan fingerprint density at radius 3 is 2.89 bits per heavy atom. The lowest BCUT2D eigenvalue weighted by molar-refractivity contribution is -0.355. The Bertz CT molecular complexity index is 801. The van der Waals surface area contributed by atoms with Gasteiger partial charge in [-0.05, 0) is 19.1 Å². The van der Waals surface area contributed by atoms with Crippen LogP contribution in [0.25, 0.3) is 10.9 Å². The zero-order chi connectivity index (χ0) is 13.6. The van der Waals surface area contributed by atoms with Crippen LogP contribution in [0.3, 0.4) is 0 Å². The van der Waals surface area contributed by atoms with Gasteiger partial charge >= 0.3 is 5.96 Å². The molecule has 19 heavy (non-hydrogen) atoms. The van der Waals surface area contributed by atoms with E-state index in [1.165, 1.54) is 0 Å². The maximum absolute atomic E-state index is 12.5. The van der Waals surface area contributed by atoms with Gasteiger partial charge in [-0.25, -0.2) is 4.99 Å². The molecule has 1 aliphatic rings. The second-order valence-electron chi connectivity index (χ2n) is 4.48. The van der Waals surface area contributed by atoms with Gasteiger partial charge in [-0.1, -0.05) is 12.1 Å². The van der Waals surface area contributed by atoms with Crippen molar-refractivity contribution in [1.82, 2.24) is 9.99 Å². The number of pyridine rings is 1. The Morgan fingerprint density at radius 2 is 2.11 bits per heavy atom. The second kappa shape index (κ2) is 3.94. The topological polar surface area (TPSA) is 86.4 Å². The molecule has 6 nitrogen and oxygen atoms in total. The molecule has 4 N–H and O–H groups in total. The number of nitrogens with zero attached hydrogens (tertiary/aromatic N) is 2. The van der Waals surface area contributed by atoms with Gasteiger partial charge in [0.2, 0.25) is 0 Å². The standard InChI is InChI=1S/C13H13N5O/c1-7-10-11(15-13(14)17-16-7)8-5-3-4-6-9(8)18(2)12(10)19/h3-6H,1-2H3,(H3,14,15,17)/p+1. The van der Waals surface area contributed by atoms with Crippen LogP contribution in [0, 0.1) is 0 Å². The smallest absolute Gasteiger partial charge is 0.311 e. The van der Waals surface area contributed by atoms with Crippen LogP contribution in [0.4, 0.5) is 5.69 Å². The normalized spacial score (nSPS) is 14.2. The number of nitrogens with one attached hydrogen (secondary N) is 2. The van der Waals surface area contributed by atoms with Gasteiger partial charge in [-0.2, -0.15) is 5.43 Å². The first-order valence-electron chi connectivity index (χ1n) is 5.91. The number of benzene rings is 1. The largest absolute Gasteiger partial charge is 0.370 e. The fourth-order valence-corrected chi connectivity index (χ4v) is 2.32. The maximum Gasteiger partial charge on any atom is 0.370 e. The second-order valence-corrected chi connectivity index (χ2v) is 4.48. The minimum absolute atomic E-state index is 0.0982. The number of nitrogens with two attached hydrogens (primary N) is 1. The molecule has 0 spiro atoms. The van der Waals surface area contributed by atoms with Crippen molar-refractivity contribution in [2.24, 2.45) is 17.9 Å². The zero-order valence-corrected chi connectivity index (χ0v) is 10.7. The lowest BCUT2D eigenvalue weighted by Crippen LogP contribution is -2.73. The lowest BCUT2D eigenvalue weighted by Gasteiger charge is -2.10.